The van der Waals surface area contributed by atoms with Gasteiger partial charge in [0.25, 0.3) is 0 Å². The first-order valence-electron chi connectivity index (χ1n) is 6.26. The van der Waals surface area contributed by atoms with Crippen LogP contribution < -0.4 is 0 Å². The molecule has 1 N–H and O–H groups in total. The maximum atomic E-state index is 10.7. The summed E-state index contributed by atoms with van der Waals surface area (Å²) >= 11 is 0. The molecule has 2 rings (SSSR count). The van der Waals surface area contributed by atoms with Gasteiger partial charge in [-0.05, 0) is 38.5 Å². The molecule has 0 amide bonds. The second-order valence-corrected chi connectivity index (χ2v) is 5.53. The van der Waals surface area contributed by atoms with Crippen LogP contribution in [0.1, 0.15) is 58.3 Å². The van der Waals surface area contributed by atoms with Gasteiger partial charge in [0.2, 0.25) is 0 Å². The van der Waals surface area contributed by atoms with E-state index >= 15 is 0 Å². The maximum absolute atomic E-state index is 10.7. The molecule has 2 heteroatoms. The zero-order chi connectivity index (χ0) is 10.9. The third-order valence-corrected chi connectivity index (χ3v) is 4.79. The average Bonchev–Trinajstić information content (AvgIpc) is 2.18. The monoisotopic (exact) mass is 207 g/mol. The number of hydrogen-bond donors (Lipinski definition) is 1. The van der Waals surface area contributed by atoms with Crippen molar-refractivity contribution in [2.45, 2.75) is 63.9 Å². The number of aliphatic hydroxyl groups is 1. The van der Waals surface area contributed by atoms with E-state index in [0.29, 0.717) is 5.92 Å². The van der Waals surface area contributed by atoms with Gasteiger partial charge in [-0.2, -0.15) is 5.26 Å². The third-order valence-electron chi connectivity index (χ3n) is 4.79. The van der Waals surface area contributed by atoms with E-state index in [1.165, 1.54) is 19.3 Å². The molecule has 0 radical (unpaired) electrons. The zero-order valence-corrected chi connectivity index (χ0v) is 9.63. The van der Waals surface area contributed by atoms with Gasteiger partial charge in [0.05, 0.1) is 17.1 Å². The van der Waals surface area contributed by atoms with Crippen LogP contribution in [0.5, 0.6) is 0 Å². The van der Waals surface area contributed by atoms with Crippen LogP contribution in [0.15, 0.2) is 0 Å². The lowest BCUT2D eigenvalue weighted by Gasteiger charge is -2.51. The molecule has 0 aromatic rings. The van der Waals surface area contributed by atoms with Gasteiger partial charge >= 0.3 is 0 Å². The topological polar surface area (TPSA) is 44.0 Å². The number of rotatable bonds is 2. The molecule has 2 nitrogen and oxygen atoms in total. The molecule has 0 heterocycles. The largest absolute Gasteiger partial charge is 0.388 e. The highest BCUT2D eigenvalue weighted by Crippen LogP contribution is 2.54. The molecule has 2 aliphatic rings. The van der Waals surface area contributed by atoms with Gasteiger partial charge in [-0.15, -0.1) is 0 Å². The highest BCUT2D eigenvalue weighted by molar-refractivity contribution is 5.16. The van der Waals surface area contributed by atoms with Crippen molar-refractivity contribution in [2.75, 3.05) is 0 Å². The lowest BCUT2D eigenvalue weighted by atomic mass is 9.55. The van der Waals surface area contributed by atoms with Crippen molar-refractivity contribution in [3.63, 3.8) is 0 Å². The van der Waals surface area contributed by atoms with E-state index in [1.807, 2.05) is 6.92 Å². The quantitative estimate of drug-likeness (QED) is 0.756. The Bertz CT molecular complexity index is 267. The van der Waals surface area contributed by atoms with E-state index < -0.39 is 11.0 Å². The van der Waals surface area contributed by atoms with Crippen molar-refractivity contribution in [3.05, 3.63) is 0 Å². The molecule has 1 unspecified atom stereocenters. The summed E-state index contributed by atoms with van der Waals surface area (Å²) in [5.74, 6) is 0.353. The van der Waals surface area contributed by atoms with Crippen LogP contribution in [0.4, 0.5) is 0 Å². The van der Waals surface area contributed by atoms with Crippen LogP contribution in [-0.4, -0.2) is 10.7 Å². The van der Waals surface area contributed by atoms with Crippen LogP contribution in [-0.2, 0) is 0 Å². The van der Waals surface area contributed by atoms with Crippen molar-refractivity contribution in [1.82, 2.24) is 0 Å². The first kappa shape index (κ1) is 11.0. The SMILES string of the molecule is CC(O)(C1CCCCC1)C1(C#N)CCC1. The van der Waals surface area contributed by atoms with Crippen LogP contribution in [0.3, 0.4) is 0 Å². The van der Waals surface area contributed by atoms with Crippen molar-refractivity contribution in [1.29, 1.82) is 5.26 Å². The molecule has 0 bridgehead atoms. The van der Waals surface area contributed by atoms with Crippen molar-refractivity contribution in [3.8, 4) is 6.07 Å². The second-order valence-electron chi connectivity index (χ2n) is 5.53. The van der Waals surface area contributed by atoms with Gasteiger partial charge in [0.15, 0.2) is 0 Å². The van der Waals surface area contributed by atoms with E-state index in [4.69, 9.17) is 0 Å². The molecule has 2 aliphatic carbocycles. The Balaban J connectivity index is 2.13. The van der Waals surface area contributed by atoms with Gasteiger partial charge in [-0.3, -0.25) is 0 Å². The van der Waals surface area contributed by atoms with E-state index in [1.54, 1.807) is 0 Å². The first-order valence-corrected chi connectivity index (χ1v) is 6.26. The standard InChI is InChI=1S/C13H21NO/c1-12(15,11-6-3-2-4-7-11)13(10-14)8-5-9-13/h11,15H,2-9H2,1H3. The van der Waals surface area contributed by atoms with Crippen molar-refractivity contribution < 1.29 is 5.11 Å². The smallest absolute Gasteiger partial charge is 0.0860 e. The Morgan fingerprint density at radius 2 is 1.80 bits per heavy atom. The molecule has 2 saturated carbocycles. The average molecular weight is 207 g/mol. The molecule has 84 valence electrons. The van der Waals surface area contributed by atoms with E-state index in [9.17, 15) is 10.4 Å². The maximum Gasteiger partial charge on any atom is 0.0860 e. The highest BCUT2D eigenvalue weighted by Gasteiger charge is 2.55. The molecule has 0 spiro atoms. The summed E-state index contributed by atoms with van der Waals surface area (Å²) < 4.78 is 0. The Morgan fingerprint density at radius 1 is 1.20 bits per heavy atom. The normalized spacial score (nSPS) is 29.9. The molecule has 1 atom stereocenters. The Morgan fingerprint density at radius 3 is 2.20 bits per heavy atom. The lowest BCUT2D eigenvalue weighted by molar-refractivity contribution is -0.128. The van der Waals surface area contributed by atoms with Gasteiger partial charge in [0, 0.05) is 0 Å². The van der Waals surface area contributed by atoms with Gasteiger partial charge in [0.1, 0.15) is 0 Å². The minimum absolute atomic E-state index is 0.353. The van der Waals surface area contributed by atoms with Crippen molar-refractivity contribution >= 4 is 0 Å². The summed E-state index contributed by atoms with van der Waals surface area (Å²) in [6.45, 7) is 1.91. The Hall–Kier alpha value is -0.550. The van der Waals surface area contributed by atoms with Crippen LogP contribution in [0.25, 0.3) is 0 Å². The summed E-state index contributed by atoms with van der Waals surface area (Å²) in [5, 5.41) is 20.0. The summed E-state index contributed by atoms with van der Waals surface area (Å²) in [7, 11) is 0. The van der Waals surface area contributed by atoms with Crippen molar-refractivity contribution in [2.24, 2.45) is 11.3 Å². The van der Waals surface area contributed by atoms with Crippen LogP contribution in [0, 0.1) is 22.7 Å². The fourth-order valence-corrected chi connectivity index (χ4v) is 3.32. The molecular formula is C13H21NO. The fraction of sp³-hybridized carbons (Fsp3) is 0.923. The molecule has 0 aromatic carbocycles. The molecule has 0 saturated heterocycles. The summed E-state index contributed by atoms with van der Waals surface area (Å²) in [6.07, 6.45) is 8.86. The van der Waals surface area contributed by atoms with Gasteiger partial charge in [-0.1, -0.05) is 25.7 Å². The third kappa shape index (κ3) is 1.58. The van der Waals surface area contributed by atoms with E-state index in [-0.39, 0.29) is 0 Å². The Kier molecular flexibility index (Phi) is 2.77. The van der Waals surface area contributed by atoms with E-state index in [0.717, 1.165) is 32.1 Å². The molecule has 2 fully saturated rings. The highest BCUT2D eigenvalue weighted by atomic mass is 16.3. The number of nitriles is 1. The molecule has 15 heavy (non-hydrogen) atoms. The molecule has 0 aromatic heterocycles. The van der Waals surface area contributed by atoms with E-state index in [2.05, 4.69) is 6.07 Å². The van der Waals surface area contributed by atoms with Gasteiger partial charge in [-0.25, -0.2) is 0 Å². The lowest BCUT2D eigenvalue weighted by Crippen LogP contribution is -2.54. The minimum Gasteiger partial charge on any atom is -0.388 e. The predicted octanol–water partition coefficient (Wildman–Crippen LogP) is 3.01. The zero-order valence-electron chi connectivity index (χ0n) is 9.63. The second kappa shape index (κ2) is 3.79. The predicted molar refractivity (Wildman–Crippen MR) is 59.1 cm³/mol. The van der Waals surface area contributed by atoms with Crippen LogP contribution >= 0.6 is 0 Å². The fourth-order valence-electron chi connectivity index (χ4n) is 3.32. The van der Waals surface area contributed by atoms with Gasteiger partial charge < -0.3 is 5.11 Å². The number of nitrogens with zero attached hydrogens (tertiary/aromatic N) is 1. The Labute approximate surface area is 92.3 Å². The summed E-state index contributed by atoms with van der Waals surface area (Å²) in [6, 6.07) is 2.40. The molecule has 0 aliphatic heterocycles. The van der Waals surface area contributed by atoms with Crippen LogP contribution in [0.2, 0.25) is 0 Å². The minimum atomic E-state index is -0.750. The number of hydrogen-bond acceptors (Lipinski definition) is 2. The summed E-state index contributed by atoms with van der Waals surface area (Å²) in [4.78, 5) is 0. The summed E-state index contributed by atoms with van der Waals surface area (Å²) in [5.41, 5.74) is -1.17. The first-order chi connectivity index (χ1) is 7.12. The molecular weight excluding hydrogens is 186 g/mol.